The molecule has 1 aromatic carbocycles. The Bertz CT molecular complexity index is 862. The molecule has 116 valence electrons. The fourth-order valence-electron chi connectivity index (χ4n) is 3.20. The van der Waals surface area contributed by atoms with Crippen molar-refractivity contribution in [1.82, 2.24) is 9.88 Å². The number of amides is 1. The number of hydrogen-bond donors (Lipinski definition) is 0. The lowest BCUT2D eigenvalue weighted by molar-refractivity contribution is 0.0740. The van der Waals surface area contributed by atoms with Crippen LogP contribution in [0.5, 0.6) is 0 Å². The molecule has 0 aliphatic carbocycles. The Balaban J connectivity index is 1.68. The highest BCUT2D eigenvalue weighted by Crippen LogP contribution is 2.35. The minimum Gasteiger partial charge on any atom is -0.331 e. The third kappa shape index (κ3) is 2.51. The number of likely N-dealkylation sites (tertiary alicyclic amines) is 1. The van der Waals surface area contributed by atoms with Gasteiger partial charge in [0.1, 0.15) is 5.82 Å². The summed E-state index contributed by atoms with van der Waals surface area (Å²) in [6.45, 7) is 0.731. The first-order valence-electron chi connectivity index (χ1n) is 7.63. The molecule has 1 unspecified atom stereocenters. The zero-order valence-corrected chi connectivity index (χ0v) is 13.2. The minimum atomic E-state index is -0.275. The molecular weight excluding hydrogens is 311 g/mol. The average Bonchev–Trinajstić information content (AvgIpc) is 3.23. The predicted octanol–water partition coefficient (Wildman–Crippen LogP) is 4.41. The van der Waals surface area contributed by atoms with Crippen LogP contribution in [-0.2, 0) is 0 Å². The first kappa shape index (κ1) is 14.3. The fourth-order valence-corrected chi connectivity index (χ4v) is 4.23. The summed E-state index contributed by atoms with van der Waals surface area (Å²) in [6.07, 6.45) is 5.47. The number of aromatic nitrogens is 1. The van der Waals surface area contributed by atoms with Gasteiger partial charge < -0.3 is 4.90 Å². The number of halogens is 1. The minimum absolute atomic E-state index is 0.0167. The Hall–Kier alpha value is -2.27. The molecule has 3 aromatic rings. The molecule has 1 amide bonds. The topological polar surface area (TPSA) is 33.2 Å². The van der Waals surface area contributed by atoms with E-state index in [0.717, 1.165) is 29.6 Å². The Morgan fingerprint density at radius 3 is 3.00 bits per heavy atom. The second kappa shape index (κ2) is 5.74. The molecule has 1 saturated heterocycles. The Morgan fingerprint density at radius 1 is 1.30 bits per heavy atom. The smallest absolute Gasteiger partial charge is 0.264 e. The highest BCUT2D eigenvalue weighted by Gasteiger charge is 2.31. The number of carbonyl (C=O) groups is 1. The molecule has 23 heavy (non-hydrogen) atoms. The average molecular weight is 326 g/mol. The van der Waals surface area contributed by atoms with Crippen molar-refractivity contribution in [3.05, 3.63) is 65.0 Å². The highest BCUT2D eigenvalue weighted by molar-refractivity contribution is 7.20. The molecule has 5 heteroatoms. The van der Waals surface area contributed by atoms with Crippen molar-refractivity contribution < 1.29 is 9.18 Å². The largest absolute Gasteiger partial charge is 0.331 e. The van der Waals surface area contributed by atoms with Crippen LogP contribution >= 0.6 is 11.3 Å². The summed E-state index contributed by atoms with van der Waals surface area (Å²) in [5.74, 6) is -0.292. The monoisotopic (exact) mass is 326 g/mol. The van der Waals surface area contributed by atoms with Crippen LogP contribution in [0.15, 0.2) is 48.8 Å². The lowest BCUT2D eigenvalue weighted by Gasteiger charge is -2.24. The number of benzene rings is 1. The molecule has 3 heterocycles. The quantitative estimate of drug-likeness (QED) is 0.699. The summed E-state index contributed by atoms with van der Waals surface area (Å²) in [5, 5.41) is 0.526. The van der Waals surface area contributed by atoms with Crippen LogP contribution in [0.25, 0.3) is 10.1 Å². The van der Waals surface area contributed by atoms with E-state index in [9.17, 15) is 9.18 Å². The van der Waals surface area contributed by atoms with Gasteiger partial charge in [-0.05, 0) is 42.7 Å². The van der Waals surface area contributed by atoms with Gasteiger partial charge in [-0.25, -0.2) is 4.39 Å². The molecular formula is C18H15FN2OS. The van der Waals surface area contributed by atoms with Crippen molar-refractivity contribution in [3.8, 4) is 0 Å². The third-order valence-corrected chi connectivity index (χ3v) is 5.39. The molecule has 3 nitrogen and oxygen atoms in total. The lowest BCUT2D eigenvalue weighted by atomic mass is 10.1. The van der Waals surface area contributed by atoms with Crippen LogP contribution in [0.1, 0.15) is 34.1 Å². The van der Waals surface area contributed by atoms with E-state index < -0.39 is 0 Å². The van der Waals surface area contributed by atoms with Crippen LogP contribution in [0.4, 0.5) is 4.39 Å². The first-order valence-corrected chi connectivity index (χ1v) is 8.44. The summed E-state index contributed by atoms with van der Waals surface area (Å²) < 4.78 is 14.7. The van der Waals surface area contributed by atoms with E-state index >= 15 is 0 Å². The second-order valence-electron chi connectivity index (χ2n) is 5.71. The lowest BCUT2D eigenvalue weighted by Crippen LogP contribution is -2.30. The maximum absolute atomic E-state index is 13.9. The molecule has 0 N–H and O–H groups in total. The van der Waals surface area contributed by atoms with Gasteiger partial charge in [-0.1, -0.05) is 12.1 Å². The van der Waals surface area contributed by atoms with Crippen LogP contribution in [0, 0.1) is 5.82 Å². The molecule has 0 bridgehead atoms. The van der Waals surface area contributed by atoms with Crippen molar-refractivity contribution in [1.29, 1.82) is 0 Å². The van der Waals surface area contributed by atoms with Gasteiger partial charge in [0.25, 0.3) is 5.91 Å². The Kier molecular flexibility index (Phi) is 3.58. The molecule has 4 rings (SSSR count). The van der Waals surface area contributed by atoms with E-state index in [4.69, 9.17) is 0 Å². The van der Waals surface area contributed by atoms with Crippen LogP contribution in [0.3, 0.4) is 0 Å². The van der Waals surface area contributed by atoms with E-state index in [1.807, 2.05) is 29.3 Å². The summed E-state index contributed by atoms with van der Waals surface area (Å²) in [7, 11) is 0. The van der Waals surface area contributed by atoms with Gasteiger partial charge in [-0.3, -0.25) is 9.78 Å². The maximum Gasteiger partial charge on any atom is 0.264 e. The zero-order valence-electron chi connectivity index (χ0n) is 12.4. The van der Waals surface area contributed by atoms with Crippen LogP contribution in [-0.4, -0.2) is 22.3 Å². The van der Waals surface area contributed by atoms with Gasteiger partial charge in [-0.15, -0.1) is 11.3 Å². The summed E-state index contributed by atoms with van der Waals surface area (Å²) in [5.41, 5.74) is 1.06. The predicted molar refractivity (Wildman–Crippen MR) is 89.0 cm³/mol. The van der Waals surface area contributed by atoms with Crippen molar-refractivity contribution in [2.24, 2.45) is 0 Å². The second-order valence-corrected chi connectivity index (χ2v) is 6.79. The number of carbonyl (C=O) groups excluding carboxylic acids is 1. The van der Waals surface area contributed by atoms with Gasteiger partial charge in [-0.2, -0.15) is 0 Å². The number of hydrogen-bond acceptors (Lipinski definition) is 3. The standard InChI is InChI=1S/C18H15FN2OS/c19-14-5-1-7-16-13(14)10-17(23-16)18(22)21-9-3-6-15(21)12-4-2-8-20-11-12/h1-2,4-5,7-8,10-11,15H,3,6,9H2. The van der Waals surface area contributed by atoms with E-state index in [1.54, 1.807) is 18.3 Å². The number of rotatable bonds is 2. The van der Waals surface area contributed by atoms with Crippen LogP contribution < -0.4 is 0 Å². The molecule has 1 fully saturated rings. The van der Waals surface area contributed by atoms with Gasteiger partial charge in [0.2, 0.25) is 0 Å². The third-order valence-electron chi connectivity index (χ3n) is 4.30. The highest BCUT2D eigenvalue weighted by atomic mass is 32.1. The Labute approximate surface area is 137 Å². The number of thiophene rings is 1. The zero-order chi connectivity index (χ0) is 15.8. The van der Waals surface area contributed by atoms with Gasteiger partial charge in [0, 0.05) is 29.0 Å². The molecule has 0 radical (unpaired) electrons. The van der Waals surface area contributed by atoms with E-state index in [0.29, 0.717) is 10.3 Å². The van der Waals surface area contributed by atoms with Crippen molar-refractivity contribution in [2.45, 2.75) is 18.9 Å². The number of nitrogens with zero attached hydrogens (tertiary/aromatic N) is 2. The number of fused-ring (bicyclic) bond motifs is 1. The van der Waals surface area contributed by atoms with Gasteiger partial charge in [0.05, 0.1) is 10.9 Å². The molecule has 0 spiro atoms. The summed E-state index contributed by atoms with van der Waals surface area (Å²) in [6, 6.07) is 10.6. The van der Waals surface area contributed by atoms with Crippen molar-refractivity contribution in [3.63, 3.8) is 0 Å². The first-order chi connectivity index (χ1) is 11.2. The Morgan fingerprint density at radius 2 is 2.22 bits per heavy atom. The van der Waals surface area contributed by atoms with E-state index in [-0.39, 0.29) is 17.8 Å². The summed E-state index contributed by atoms with van der Waals surface area (Å²) in [4.78, 5) is 19.5. The molecule has 2 aromatic heterocycles. The maximum atomic E-state index is 13.9. The van der Waals surface area contributed by atoms with E-state index in [2.05, 4.69) is 4.98 Å². The normalized spacial score (nSPS) is 17.8. The molecule has 1 aliphatic heterocycles. The van der Waals surface area contributed by atoms with E-state index in [1.165, 1.54) is 17.4 Å². The van der Waals surface area contributed by atoms with Gasteiger partial charge >= 0.3 is 0 Å². The summed E-state index contributed by atoms with van der Waals surface area (Å²) >= 11 is 1.36. The molecule has 0 saturated carbocycles. The van der Waals surface area contributed by atoms with Crippen molar-refractivity contribution >= 4 is 27.3 Å². The molecule has 1 atom stereocenters. The number of pyridine rings is 1. The molecule has 1 aliphatic rings. The van der Waals surface area contributed by atoms with Crippen molar-refractivity contribution in [2.75, 3.05) is 6.54 Å². The van der Waals surface area contributed by atoms with Crippen LogP contribution in [0.2, 0.25) is 0 Å². The fraction of sp³-hybridized carbons (Fsp3) is 0.222. The SMILES string of the molecule is O=C(c1cc2c(F)cccc2s1)N1CCCC1c1cccnc1. The van der Waals surface area contributed by atoms with Gasteiger partial charge in [0.15, 0.2) is 0 Å².